The number of rotatable bonds is 2. The summed E-state index contributed by atoms with van der Waals surface area (Å²) in [6, 6.07) is 5.72. The molecule has 1 heterocycles. The number of methoxy groups -OCH3 is 1. The van der Waals surface area contributed by atoms with Crippen molar-refractivity contribution in [1.82, 2.24) is 4.98 Å². The molecule has 2 nitrogen and oxygen atoms in total. The SMILES string of the molecule is COc1cccc(C(C)Br)n1. The van der Waals surface area contributed by atoms with Gasteiger partial charge >= 0.3 is 0 Å². The first-order chi connectivity index (χ1) is 5.24. The highest BCUT2D eigenvalue weighted by atomic mass is 79.9. The molecular formula is C8H10BrNO. The molecule has 0 bridgehead atoms. The van der Waals surface area contributed by atoms with Crippen LogP contribution in [0.15, 0.2) is 18.2 Å². The van der Waals surface area contributed by atoms with Crippen molar-refractivity contribution in [1.29, 1.82) is 0 Å². The zero-order valence-electron chi connectivity index (χ0n) is 6.54. The monoisotopic (exact) mass is 215 g/mol. The van der Waals surface area contributed by atoms with Crippen LogP contribution in [0.1, 0.15) is 17.4 Å². The van der Waals surface area contributed by atoms with Crippen molar-refractivity contribution in [3.8, 4) is 5.88 Å². The number of halogens is 1. The Balaban J connectivity index is 2.91. The van der Waals surface area contributed by atoms with Crippen LogP contribution in [0.5, 0.6) is 5.88 Å². The van der Waals surface area contributed by atoms with Crippen LogP contribution in [-0.4, -0.2) is 12.1 Å². The number of pyridine rings is 1. The van der Waals surface area contributed by atoms with E-state index in [0.29, 0.717) is 5.88 Å². The number of nitrogens with zero attached hydrogens (tertiary/aromatic N) is 1. The molecule has 0 fully saturated rings. The van der Waals surface area contributed by atoms with Gasteiger partial charge in [-0.15, -0.1) is 0 Å². The third-order valence-corrected chi connectivity index (χ3v) is 1.83. The molecule has 0 aromatic carbocycles. The lowest BCUT2D eigenvalue weighted by atomic mass is 10.3. The van der Waals surface area contributed by atoms with Crippen LogP contribution >= 0.6 is 15.9 Å². The van der Waals surface area contributed by atoms with Crippen molar-refractivity contribution in [3.63, 3.8) is 0 Å². The van der Waals surface area contributed by atoms with Crippen molar-refractivity contribution in [3.05, 3.63) is 23.9 Å². The van der Waals surface area contributed by atoms with Crippen LogP contribution in [0, 0.1) is 0 Å². The number of hydrogen-bond acceptors (Lipinski definition) is 2. The van der Waals surface area contributed by atoms with Crippen LogP contribution in [0.3, 0.4) is 0 Å². The Bertz CT molecular complexity index is 237. The summed E-state index contributed by atoms with van der Waals surface area (Å²) >= 11 is 3.43. The molecule has 0 N–H and O–H groups in total. The molecule has 0 spiro atoms. The molecule has 0 saturated carbocycles. The summed E-state index contributed by atoms with van der Waals surface area (Å²) in [4.78, 5) is 4.50. The quantitative estimate of drug-likeness (QED) is 0.708. The molecule has 1 unspecified atom stereocenters. The molecule has 1 atom stereocenters. The summed E-state index contributed by atoms with van der Waals surface area (Å²) in [7, 11) is 1.62. The van der Waals surface area contributed by atoms with Crippen LogP contribution in [0.25, 0.3) is 0 Å². The van der Waals surface area contributed by atoms with Gasteiger partial charge < -0.3 is 4.74 Å². The highest BCUT2D eigenvalue weighted by Crippen LogP contribution is 2.20. The van der Waals surface area contributed by atoms with Gasteiger partial charge in [-0.25, -0.2) is 4.98 Å². The molecule has 0 radical (unpaired) electrons. The summed E-state index contributed by atoms with van der Waals surface area (Å²) in [5.41, 5.74) is 0.990. The van der Waals surface area contributed by atoms with Gasteiger partial charge in [0.25, 0.3) is 0 Å². The smallest absolute Gasteiger partial charge is 0.213 e. The van der Waals surface area contributed by atoms with Crippen LogP contribution < -0.4 is 4.74 Å². The first-order valence-corrected chi connectivity index (χ1v) is 4.30. The summed E-state index contributed by atoms with van der Waals surface area (Å²) in [6.45, 7) is 2.03. The van der Waals surface area contributed by atoms with Gasteiger partial charge in [0.15, 0.2) is 0 Å². The first-order valence-electron chi connectivity index (χ1n) is 3.39. The second-order valence-electron chi connectivity index (χ2n) is 2.22. The number of hydrogen-bond donors (Lipinski definition) is 0. The molecule has 1 rings (SSSR count). The minimum Gasteiger partial charge on any atom is -0.481 e. The molecule has 1 aromatic heterocycles. The molecule has 0 saturated heterocycles. The predicted molar refractivity (Wildman–Crippen MR) is 48.1 cm³/mol. The van der Waals surface area contributed by atoms with E-state index >= 15 is 0 Å². The Morgan fingerprint density at radius 2 is 2.27 bits per heavy atom. The minimum atomic E-state index is 0.276. The second-order valence-corrected chi connectivity index (χ2v) is 3.59. The maximum absolute atomic E-state index is 4.97. The third kappa shape index (κ3) is 2.19. The maximum Gasteiger partial charge on any atom is 0.213 e. The van der Waals surface area contributed by atoms with Gasteiger partial charge in [-0.1, -0.05) is 22.0 Å². The van der Waals surface area contributed by atoms with Gasteiger partial charge in [0.2, 0.25) is 5.88 Å². The van der Waals surface area contributed by atoms with Crippen molar-refractivity contribution < 1.29 is 4.74 Å². The maximum atomic E-state index is 4.97. The Labute approximate surface area is 74.7 Å². The summed E-state index contributed by atoms with van der Waals surface area (Å²) in [6.07, 6.45) is 0. The van der Waals surface area contributed by atoms with E-state index in [9.17, 15) is 0 Å². The van der Waals surface area contributed by atoms with E-state index in [1.165, 1.54) is 0 Å². The molecule has 0 aliphatic carbocycles. The first kappa shape index (κ1) is 8.53. The van der Waals surface area contributed by atoms with Gasteiger partial charge in [0.1, 0.15) is 0 Å². The van der Waals surface area contributed by atoms with E-state index in [1.807, 2.05) is 25.1 Å². The average Bonchev–Trinajstić information content (AvgIpc) is 2.05. The topological polar surface area (TPSA) is 22.1 Å². The normalized spacial score (nSPS) is 12.6. The fourth-order valence-corrected chi connectivity index (χ4v) is 1.02. The Hall–Kier alpha value is -0.570. The van der Waals surface area contributed by atoms with Gasteiger partial charge in [0, 0.05) is 6.07 Å². The fourth-order valence-electron chi connectivity index (χ4n) is 0.766. The molecule has 0 aliphatic heterocycles. The van der Waals surface area contributed by atoms with Crippen LogP contribution in [0.4, 0.5) is 0 Å². The molecule has 3 heteroatoms. The second kappa shape index (κ2) is 3.72. The molecular weight excluding hydrogens is 206 g/mol. The largest absolute Gasteiger partial charge is 0.481 e. The highest BCUT2D eigenvalue weighted by molar-refractivity contribution is 9.09. The third-order valence-electron chi connectivity index (χ3n) is 1.36. The minimum absolute atomic E-state index is 0.276. The van der Waals surface area contributed by atoms with E-state index in [0.717, 1.165) is 5.69 Å². The zero-order chi connectivity index (χ0) is 8.27. The predicted octanol–water partition coefficient (Wildman–Crippen LogP) is 2.55. The molecule has 11 heavy (non-hydrogen) atoms. The van der Waals surface area contributed by atoms with Gasteiger partial charge in [-0.3, -0.25) is 0 Å². The molecule has 0 aliphatic rings. The lowest BCUT2D eigenvalue weighted by Gasteiger charge is -2.03. The fraction of sp³-hybridized carbons (Fsp3) is 0.375. The Morgan fingerprint density at radius 1 is 1.55 bits per heavy atom. The summed E-state index contributed by atoms with van der Waals surface area (Å²) < 4.78 is 4.97. The van der Waals surface area contributed by atoms with E-state index < -0.39 is 0 Å². The summed E-state index contributed by atoms with van der Waals surface area (Å²) in [5.74, 6) is 0.661. The van der Waals surface area contributed by atoms with Crippen LogP contribution in [-0.2, 0) is 0 Å². The molecule has 60 valence electrons. The van der Waals surface area contributed by atoms with Crippen molar-refractivity contribution in [2.24, 2.45) is 0 Å². The summed E-state index contributed by atoms with van der Waals surface area (Å²) in [5, 5.41) is 0. The van der Waals surface area contributed by atoms with Gasteiger partial charge in [-0.2, -0.15) is 0 Å². The average molecular weight is 216 g/mol. The number of ether oxygens (including phenoxy) is 1. The van der Waals surface area contributed by atoms with Crippen molar-refractivity contribution in [2.75, 3.05) is 7.11 Å². The van der Waals surface area contributed by atoms with E-state index in [-0.39, 0.29) is 4.83 Å². The molecule has 0 amide bonds. The highest BCUT2D eigenvalue weighted by Gasteiger charge is 2.02. The number of alkyl halides is 1. The molecule has 1 aromatic rings. The van der Waals surface area contributed by atoms with E-state index in [4.69, 9.17) is 4.74 Å². The van der Waals surface area contributed by atoms with Crippen LogP contribution in [0.2, 0.25) is 0 Å². The lowest BCUT2D eigenvalue weighted by Crippen LogP contribution is -1.92. The van der Waals surface area contributed by atoms with E-state index in [1.54, 1.807) is 7.11 Å². The van der Waals surface area contributed by atoms with Crippen molar-refractivity contribution >= 4 is 15.9 Å². The van der Waals surface area contributed by atoms with Gasteiger partial charge in [-0.05, 0) is 13.0 Å². The standard InChI is InChI=1S/C8H10BrNO/c1-6(9)7-4-3-5-8(10-7)11-2/h3-6H,1-2H3. The van der Waals surface area contributed by atoms with Gasteiger partial charge in [0.05, 0.1) is 17.6 Å². The lowest BCUT2D eigenvalue weighted by molar-refractivity contribution is 0.396. The Kier molecular flexibility index (Phi) is 2.88. The van der Waals surface area contributed by atoms with E-state index in [2.05, 4.69) is 20.9 Å². The zero-order valence-corrected chi connectivity index (χ0v) is 8.13. The Morgan fingerprint density at radius 3 is 2.82 bits per heavy atom. The van der Waals surface area contributed by atoms with Crippen molar-refractivity contribution in [2.45, 2.75) is 11.8 Å². The number of aromatic nitrogens is 1.